The van der Waals surface area contributed by atoms with Crippen molar-refractivity contribution < 1.29 is 18.0 Å². The molecule has 0 aliphatic heterocycles. The van der Waals surface area contributed by atoms with E-state index >= 15 is 0 Å². The highest BCUT2D eigenvalue weighted by atomic mass is 127. The summed E-state index contributed by atoms with van der Waals surface area (Å²) >= 11 is 8.48. The maximum atomic E-state index is 12.9. The van der Waals surface area contributed by atoms with Gasteiger partial charge in [0.05, 0.1) is 45.3 Å². The third kappa shape index (κ3) is 6.34. The summed E-state index contributed by atoms with van der Waals surface area (Å²) in [4.78, 5) is 21.9. The van der Waals surface area contributed by atoms with Gasteiger partial charge >= 0.3 is 0 Å². The molecule has 1 fully saturated rings. The van der Waals surface area contributed by atoms with E-state index in [0.29, 0.717) is 28.9 Å². The summed E-state index contributed by atoms with van der Waals surface area (Å²) in [5.41, 5.74) is 3.75. The first-order valence-electron chi connectivity index (χ1n) is 10.0. The first kappa shape index (κ1) is 23.7. The molecule has 4 rings (SSSR count). The molecule has 0 atom stereocenters. The van der Waals surface area contributed by atoms with E-state index in [1.165, 1.54) is 24.4 Å². The first-order valence-corrected chi connectivity index (χ1v) is 13.0. The van der Waals surface area contributed by atoms with Crippen molar-refractivity contribution >= 4 is 67.2 Å². The second kappa shape index (κ2) is 10.2. The van der Waals surface area contributed by atoms with Crippen LogP contribution in [0.2, 0.25) is 5.02 Å². The molecule has 33 heavy (non-hydrogen) atoms. The number of hydrogen-bond acceptors (Lipinski definition) is 6. The molecule has 1 aromatic heterocycles. The fraction of sp³-hybridized carbons (Fsp3) is 0.182. The smallest absolute Gasteiger partial charge is 0.276 e. The number of carbonyl (C=O) groups excluding carboxylic acids is 1. The Bertz CT molecular complexity index is 1270. The van der Waals surface area contributed by atoms with Crippen LogP contribution in [0.5, 0.6) is 0 Å². The number of halogens is 2. The van der Waals surface area contributed by atoms with E-state index in [1.54, 1.807) is 30.5 Å². The van der Waals surface area contributed by atoms with Crippen LogP contribution in [0.25, 0.3) is 0 Å². The fourth-order valence-corrected chi connectivity index (χ4v) is 4.90. The number of nitrogens with zero attached hydrogens (tertiary/aromatic N) is 1. The summed E-state index contributed by atoms with van der Waals surface area (Å²) in [5, 5.41) is 3.51. The van der Waals surface area contributed by atoms with Crippen molar-refractivity contribution in [3.63, 3.8) is 0 Å². The summed E-state index contributed by atoms with van der Waals surface area (Å²) in [6, 6.07) is 12.7. The standard InChI is InChI=1S/C22H20ClIN4O4S/c23-19-10-15(24)5-8-20(19)26-21-11-17(33(30,31)28-16-2-1-9-25-12-16)6-7-18(21)22(29)27-32-13-14-3-4-14/h1-2,5-12,14,26,28H,3-4,13H2,(H,27,29). The summed E-state index contributed by atoms with van der Waals surface area (Å²) in [6.07, 6.45) is 5.12. The Kier molecular flexibility index (Phi) is 7.37. The number of sulfonamides is 1. The van der Waals surface area contributed by atoms with Gasteiger partial charge in [0.15, 0.2) is 0 Å². The Morgan fingerprint density at radius 2 is 1.97 bits per heavy atom. The zero-order valence-corrected chi connectivity index (χ0v) is 20.9. The first-order chi connectivity index (χ1) is 15.8. The van der Waals surface area contributed by atoms with Crippen LogP contribution in [0.4, 0.5) is 17.1 Å². The molecule has 1 heterocycles. The Balaban J connectivity index is 1.64. The van der Waals surface area contributed by atoms with Crippen LogP contribution in [0.15, 0.2) is 65.8 Å². The summed E-state index contributed by atoms with van der Waals surface area (Å²) in [7, 11) is -3.93. The van der Waals surface area contributed by atoms with Gasteiger partial charge in [-0.05, 0) is 89.9 Å². The quantitative estimate of drug-likeness (QED) is 0.237. The van der Waals surface area contributed by atoms with Crippen LogP contribution in [0, 0.1) is 9.49 Å². The van der Waals surface area contributed by atoms with Crippen LogP contribution >= 0.6 is 34.2 Å². The van der Waals surface area contributed by atoms with Gasteiger partial charge in [-0.2, -0.15) is 0 Å². The molecule has 0 saturated heterocycles. The molecule has 2 aromatic carbocycles. The van der Waals surface area contributed by atoms with E-state index in [4.69, 9.17) is 16.4 Å². The average molecular weight is 599 g/mol. The van der Waals surface area contributed by atoms with Crippen LogP contribution in [-0.4, -0.2) is 25.9 Å². The van der Waals surface area contributed by atoms with Crippen molar-refractivity contribution in [2.75, 3.05) is 16.6 Å². The number of benzene rings is 2. The van der Waals surface area contributed by atoms with Gasteiger partial charge in [0.25, 0.3) is 15.9 Å². The van der Waals surface area contributed by atoms with E-state index in [-0.39, 0.29) is 16.1 Å². The highest BCUT2D eigenvalue weighted by Gasteiger charge is 2.23. The predicted molar refractivity (Wildman–Crippen MR) is 135 cm³/mol. The Morgan fingerprint density at radius 1 is 1.15 bits per heavy atom. The zero-order valence-electron chi connectivity index (χ0n) is 17.2. The topological polar surface area (TPSA) is 109 Å². The average Bonchev–Trinajstić information content (AvgIpc) is 3.60. The summed E-state index contributed by atoms with van der Waals surface area (Å²) in [6.45, 7) is 0.443. The molecule has 3 N–H and O–H groups in total. The van der Waals surface area contributed by atoms with Gasteiger partial charge in [-0.1, -0.05) is 11.6 Å². The van der Waals surface area contributed by atoms with Crippen molar-refractivity contribution in [1.82, 2.24) is 10.5 Å². The third-order valence-electron chi connectivity index (χ3n) is 4.84. The van der Waals surface area contributed by atoms with E-state index in [1.807, 2.05) is 6.07 Å². The maximum absolute atomic E-state index is 12.9. The minimum atomic E-state index is -3.93. The summed E-state index contributed by atoms with van der Waals surface area (Å²) in [5.74, 6) is -0.0245. The van der Waals surface area contributed by atoms with Crippen molar-refractivity contribution in [2.24, 2.45) is 5.92 Å². The second-order valence-electron chi connectivity index (χ2n) is 7.49. The largest absolute Gasteiger partial charge is 0.354 e. The number of hydroxylamine groups is 1. The molecule has 0 unspecified atom stereocenters. The molecule has 11 heteroatoms. The lowest BCUT2D eigenvalue weighted by atomic mass is 10.1. The molecule has 1 aliphatic carbocycles. The number of amides is 1. The third-order valence-corrected chi connectivity index (χ3v) is 7.20. The maximum Gasteiger partial charge on any atom is 0.276 e. The van der Waals surface area contributed by atoms with Crippen molar-refractivity contribution in [1.29, 1.82) is 0 Å². The van der Waals surface area contributed by atoms with Gasteiger partial charge in [0.2, 0.25) is 0 Å². The lowest BCUT2D eigenvalue weighted by Crippen LogP contribution is -2.25. The number of carbonyl (C=O) groups is 1. The molecule has 172 valence electrons. The minimum Gasteiger partial charge on any atom is -0.354 e. The monoisotopic (exact) mass is 598 g/mol. The molecule has 1 saturated carbocycles. The number of rotatable bonds is 9. The Hall–Kier alpha value is -2.41. The molecular weight excluding hydrogens is 579 g/mol. The molecule has 0 bridgehead atoms. The van der Waals surface area contributed by atoms with Crippen LogP contribution in [0.1, 0.15) is 23.2 Å². The SMILES string of the molecule is O=C(NOCC1CC1)c1ccc(S(=O)(=O)Nc2cccnc2)cc1Nc1ccc(I)cc1Cl. The molecular formula is C22H20ClIN4O4S. The number of pyridine rings is 1. The van der Waals surface area contributed by atoms with Gasteiger partial charge in [0.1, 0.15) is 0 Å². The molecule has 0 radical (unpaired) electrons. The van der Waals surface area contributed by atoms with Gasteiger partial charge in [0, 0.05) is 9.77 Å². The number of aromatic nitrogens is 1. The van der Waals surface area contributed by atoms with Gasteiger partial charge in [-0.3, -0.25) is 19.3 Å². The second-order valence-corrected chi connectivity index (χ2v) is 10.8. The Labute approximate surface area is 210 Å². The molecule has 0 spiro atoms. The summed E-state index contributed by atoms with van der Waals surface area (Å²) < 4.78 is 29.3. The molecule has 1 aliphatic rings. The van der Waals surface area contributed by atoms with Gasteiger partial charge in [-0.25, -0.2) is 13.9 Å². The van der Waals surface area contributed by atoms with E-state index in [9.17, 15) is 13.2 Å². The van der Waals surface area contributed by atoms with Crippen LogP contribution in [-0.2, 0) is 14.9 Å². The van der Waals surface area contributed by atoms with Gasteiger partial charge < -0.3 is 5.32 Å². The normalized spacial score (nSPS) is 13.4. The fourth-order valence-electron chi connectivity index (χ4n) is 2.93. The van der Waals surface area contributed by atoms with Crippen molar-refractivity contribution in [3.8, 4) is 0 Å². The Morgan fingerprint density at radius 3 is 2.67 bits per heavy atom. The molecule has 8 nitrogen and oxygen atoms in total. The molecule has 1 amide bonds. The number of hydrogen-bond donors (Lipinski definition) is 3. The van der Waals surface area contributed by atoms with Crippen LogP contribution in [0.3, 0.4) is 0 Å². The minimum absolute atomic E-state index is 0.0362. The zero-order chi connectivity index (χ0) is 23.4. The van der Waals surface area contributed by atoms with Crippen molar-refractivity contribution in [3.05, 3.63) is 75.1 Å². The van der Waals surface area contributed by atoms with E-state index < -0.39 is 15.9 Å². The van der Waals surface area contributed by atoms with Crippen LogP contribution < -0.4 is 15.5 Å². The van der Waals surface area contributed by atoms with E-state index in [0.717, 1.165) is 16.4 Å². The highest BCUT2D eigenvalue weighted by molar-refractivity contribution is 14.1. The van der Waals surface area contributed by atoms with E-state index in [2.05, 4.69) is 43.1 Å². The van der Waals surface area contributed by atoms with Gasteiger partial charge in [-0.15, -0.1) is 0 Å². The lowest BCUT2D eigenvalue weighted by molar-refractivity contribution is 0.0271. The number of nitrogens with one attached hydrogen (secondary N) is 3. The highest BCUT2D eigenvalue weighted by Crippen LogP contribution is 2.31. The predicted octanol–water partition coefficient (Wildman–Crippen LogP) is 4.96. The van der Waals surface area contributed by atoms with Crippen molar-refractivity contribution in [2.45, 2.75) is 17.7 Å². The lowest BCUT2D eigenvalue weighted by Gasteiger charge is -2.16. The molecule has 3 aromatic rings. The number of anilines is 3.